The summed E-state index contributed by atoms with van der Waals surface area (Å²) in [6, 6.07) is 12.0. The summed E-state index contributed by atoms with van der Waals surface area (Å²) in [4.78, 5) is 8.95. The fraction of sp³-hybridized carbons (Fsp3) is 0.300. The Morgan fingerprint density at radius 1 is 1.04 bits per heavy atom. The van der Waals surface area contributed by atoms with Gasteiger partial charge >= 0.3 is 0 Å². The molecule has 2 aromatic carbocycles. The Balaban J connectivity index is 2.02. The van der Waals surface area contributed by atoms with Crippen molar-refractivity contribution in [1.29, 1.82) is 0 Å². The number of aromatic hydroxyl groups is 1. The number of nitrogens with zero attached hydrogens (tertiary/aromatic N) is 2. The van der Waals surface area contributed by atoms with Gasteiger partial charge in [-0.3, -0.25) is 0 Å². The summed E-state index contributed by atoms with van der Waals surface area (Å²) < 4.78 is 0. The predicted molar refractivity (Wildman–Crippen MR) is 99.3 cm³/mol. The van der Waals surface area contributed by atoms with Gasteiger partial charge in [0.05, 0.1) is 5.52 Å². The summed E-state index contributed by atoms with van der Waals surface area (Å²) >= 11 is 0. The number of hydrogen-bond donors (Lipinski definition) is 2. The summed E-state index contributed by atoms with van der Waals surface area (Å²) in [5.41, 5.74) is 3.68. The number of fused-ring (bicyclic) bond motifs is 1. The van der Waals surface area contributed by atoms with Crippen LogP contribution in [0, 0.1) is 12.8 Å². The maximum absolute atomic E-state index is 10.5. The van der Waals surface area contributed by atoms with E-state index in [4.69, 9.17) is 0 Å². The molecular formula is C20H23N3O. The molecule has 3 aromatic rings. The Labute approximate surface area is 142 Å². The lowest BCUT2D eigenvalue weighted by atomic mass is 9.98. The number of aromatic nitrogens is 2. The molecule has 24 heavy (non-hydrogen) atoms. The average molecular weight is 321 g/mol. The number of benzene rings is 2. The smallest absolute Gasteiger partial charge is 0.223 e. The molecule has 1 atom stereocenters. The van der Waals surface area contributed by atoms with Gasteiger partial charge in [-0.2, -0.15) is 0 Å². The van der Waals surface area contributed by atoms with E-state index in [1.165, 1.54) is 0 Å². The summed E-state index contributed by atoms with van der Waals surface area (Å²) in [7, 11) is 0. The number of nitrogens with one attached hydrogen (secondary N) is 1. The summed E-state index contributed by atoms with van der Waals surface area (Å²) in [5, 5.41) is 14.7. The van der Waals surface area contributed by atoms with Crippen molar-refractivity contribution in [3.05, 3.63) is 48.2 Å². The Morgan fingerprint density at radius 3 is 2.50 bits per heavy atom. The highest BCUT2D eigenvalue weighted by Gasteiger charge is 2.12. The van der Waals surface area contributed by atoms with Crippen LogP contribution in [-0.4, -0.2) is 21.1 Å². The Kier molecular flexibility index (Phi) is 4.38. The molecule has 0 saturated heterocycles. The molecule has 0 aliphatic carbocycles. The van der Waals surface area contributed by atoms with Gasteiger partial charge in [0.2, 0.25) is 5.95 Å². The first-order valence-corrected chi connectivity index (χ1v) is 8.28. The normalized spacial score (nSPS) is 12.5. The van der Waals surface area contributed by atoms with Crippen LogP contribution in [0.2, 0.25) is 0 Å². The summed E-state index contributed by atoms with van der Waals surface area (Å²) in [6.07, 6.45) is 1.80. The van der Waals surface area contributed by atoms with Crippen LogP contribution in [0.4, 0.5) is 5.95 Å². The standard InChI is InChI=1S/C20H23N3O/c1-12(2)14(4)22-20-21-11-15-9-17(19(24)10-18(15)23-20)16-8-6-5-7-13(16)3/h5-12,14,24H,1-4H3,(H,21,22,23). The van der Waals surface area contributed by atoms with E-state index < -0.39 is 0 Å². The van der Waals surface area contributed by atoms with E-state index in [2.05, 4.69) is 36.1 Å². The van der Waals surface area contributed by atoms with Gasteiger partial charge in [-0.15, -0.1) is 0 Å². The maximum atomic E-state index is 10.5. The number of hydrogen-bond acceptors (Lipinski definition) is 4. The van der Waals surface area contributed by atoms with Gasteiger partial charge in [-0.1, -0.05) is 38.1 Å². The van der Waals surface area contributed by atoms with E-state index in [1.807, 2.05) is 37.3 Å². The van der Waals surface area contributed by atoms with E-state index >= 15 is 0 Å². The molecule has 0 amide bonds. The van der Waals surface area contributed by atoms with Gasteiger partial charge in [-0.25, -0.2) is 9.97 Å². The van der Waals surface area contributed by atoms with Crippen molar-refractivity contribution < 1.29 is 5.11 Å². The fourth-order valence-electron chi connectivity index (χ4n) is 2.60. The molecule has 0 aliphatic heterocycles. The van der Waals surface area contributed by atoms with Crippen molar-refractivity contribution in [2.75, 3.05) is 5.32 Å². The molecule has 0 aliphatic rings. The molecule has 1 unspecified atom stereocenters. The molecule has 0 fully saturated rings. The zero-order chi connectivity index (χ0) is 17.3. The molecular weight excluding hydrogens is 298 g/mol. The van der Waals surface area contributed by atoms with Gasteiger partial charge in [0, 0.05) is 29.3 Å². The molecule has 3 rings (SSSR count). The van der Waals surface area contributed by atoms with E-state index in [1.54, 1.807) is 12.3 Å². The number of anilines is 1. The fourth-order valence-corrected chi connectivity index (χ4v) is 2.60. The van der Waals surface area contributed by atoms with Crippen molar-refractivity contribution in [1.82, 2.24) is 9.97 Å². The minimum Gasteiger partial charge on any atom is -0.507 e. The molecule has 0 spiro atoms. The van der Waals surface area contributed by atoms with Gasteiger partial charge in [0.25, 0.3) is 0 Å². The third-order valence-corrected chi connectivity index (χ3v) is 4.49. The highest BCUT2D eigenvalue weighted by atomic mass is 16.3. The zero-order valence-corrected chi connectivity index (χ0v) is 14.5. The third kappa shape index (κ3) is 3.18. The van der Waals surface area contributed by atoms with Crippen molar-refractivity contribution in [3.63, 3.8) is 0 Å². The Hall–Kier alpha value is -2.62. The summed E-state index contributed by atoms with van der Waals surface area (Å²) in [6.45, 7) is 8.45. The molecule has 124 valence electrons. The quantitative estimate of drug-likeness (QED) is 0.727. The van der Waals surface area contributed by atoms with Crippen LogP contribution in [0.5, 0.6) is 5.75 Å². The molecule has 0 saturated carbocycles. The first kappa shape index (κ1) is 16.2. The minimum absolute atomic E-state index is 0.235. The average Bonchev–Trinajstić information content (AvgIpc) is 2.55. The number of phenolic OH excluding ortho intramolecular Hbond substituents is 1. The van der Waals surface area contributed by atoms with Crippen molar-refractivity contribution >= 4 is 16.9 Å². The van der Waals surface area contributed by atoms with Crippen LogP contribution in [0.15, 0.2) is 42.6 Å². The predicted octanol–water partition coefficient (Wildman–Crippen LogP) is 4.77. The molecule has 0 bridgehead atoms. The van der Waals surface area contributed by atoms with Crippen LogP contribution < -0.4 is 5.32 Å². The molecule has 4 heteroatoms. The van der Waals surface area contributed by atoms with E-state index in [9.17, 15) is 5.11 Å². The second kappa shape index (κ2) is 6.48. The molecule has 1 heterocycles. The Morgan fingerprint density at radius 2 is 1.79 bits per heavy atom. The third-order valence-electron chi connectivity index (χ3n) is 4.49. The van der Waals surface area contributed by atoms with Crippen LogP contribution in [0.1, 0.15) is 26.3 Å². The number of phenols is 1. The zero-order valence-electron chi connectivity index (χ0n) is 14.5. The lowest BCUT2D eigenvalue weighted by Gasteiger charge is -2.17. The molecule has 1 aromatic heterocycles. The maximum Gasteiger partial charge on any atom is 0.223 e. The van der Waals surface area contributed by atoms with Gasteiger partial charge in [0.1, 0.15) is 5.75 Å². The molecule has 4 nitrogen and oxygen atoms in total. The Bertz CT molecular complexity index is 874. The van der Waals surface area contributed by atoms with Crippen LogP contribution >= 0.6 is 0 Å². The monoisotopic (exact) mass is 321 g/mol. The van der Waals surface area contributed by atoms with Gasteiger partial charge < -0.3 is 10.4 Å². The summed E-state index contributed by atoms with van der Waals surface area (Å²) in [5.74, 6) is 1.31. The van der Waals surface area contributed by atoms with Gasteiger partial charge in [-0.05, 0) is 37.0 Å². The highest BCUT2D eigenvalue weighted by molar-refractivity contribution is 5.88. The minimum atomic E-state index is 0.235. The SMILES string of the molecule is Cc1ccccc1-c1cc2cnc(NC(C)C(C)C)nc2cc1O. The van der Waals surface area contributed by atoms with E-state index in [0.29, 0.717) is 11.9 Å². The lowest BCUT2D eigenvalue weighted by Crippen LogP contribution is -2.22. The van der Waals surface area contributed by atoms with E-state index in [0.717, 1.165) is 27.6 Å². The number of rotatable bonds is 4. The van der Waals surface area contributed by atoms with Crippen molar-refractivity contribution in [2.45, 2.75) is 33.7 Å². The second-order valence-electron chi connectivity index (χ2n) is 6.61. The van der Waals surface area contributed by atoms with Crippen LogP contribution in [-0.2, 0) is 0 Å². The van der Waals surface area contributed by atoms with Crippen LogP contribution in [0.25, 0.3) is 22.0 Å². The van der Waals surface area contributed by atoms with E-state index in [-0.39, 0.29) is 11.8 Å². The molecule has 2 N–H and O–H groups in total. The highest BCUT2D eigenvalue weighted by Crippen LogP contribution is 2.34. The van der Waals surface area contributed by atoms with Crippen molar-refractivity contribution in [2.24, 2.45) is 5.92 Å². The first-order chi connectivity index (χ1) is 11.5. The second-order valence-corrected chi connectivity index (χ2v) is 6.61. The lowest BCUT2D eigenvalue weighted by molar-refractivity contribution is 0.478. The van der Waals surface area contributed by atoms with Gasteiger partial charge in [0.15, 0.2) is 0 Å². The topological polar surface area (TPSA) is 58.0 Å². The largest absolute Gasteiger partial charge is 0.507 e. The first-order valence-electron chi connectivity index (χ1n) is 8.28. The van der Waals surface area contributed by atoms with Crippen molar-refractivity contribution in [3.8, 4) is 16.9 Å². The molecule has 0 radical (unpaired) electrons. The van der Waals surface area contributed by atoms with Crippen LogP contribution in [0.3, 0.4) is 0 Å². The number of aryl methyl sites for hydroxylation is 1.